The van der Waals surface area contributed by atoms with Crippen LogP contribution in [0.3, 0.4) is 0 Å². The fourth-order valence-electron chi connectivity index (χ4n) is 3.06. The molecule has 0 bridgehead atoms. The molecule has 0 spiro atoms. The Labute approximate surface area is 138 Å². The number of nitrogens with zero attached hydrogens (tertiary/aromatic N) is 3. The fraction of sp³-hybridized carbons (Fsp3) is 0.294. The Morgan fingerprint density at radius 3 is 2.88 bits per heavy atom. The summed E-state index contributed by atoms with van der Waals surface area (Å²) >= 11 is 0. The van der Waals surface area contributed by atoms with E-state index in [-0.39, 0.29) is 17.7 Å². The lowest BCUT2D eigenvalue weighted by molar-refractivity contribution is 0.0898. The molecule has 1 aliphatic carbocycles. The highest BCUT2D eigenvalue weighted by Crippen LogP contribution is 2.34. The van der Waals surface area contributed by atoms with E-state index in [0.717, 1.165) is 29.5 Å². The second kappa shape index (κ2) is 5.59. The van der Waals surface area contributed by atoms with Gasteiger partial charge in [0, 0.05) is 18.1 Å². The molecule has 7 heteroatoms. The van der Waals surface area contributed by atoms with Crippen molar-refractivity contribution in [3.8, 4) is 11.4 Å². The third kappa shape index (κ3) is 2.47. The highest BCUT2D eigenvalue weighted by Gasteiger charge is 2.26. The molecule has 1 N–H and O–H groups in total. The molecule has 0 saturated heterocycles. The van der Waals surface area contributed by atoms with Crippen LogP contribution in [0.1, 0.15) is 45.6 Å². The predicted molar refractivity (Wildman–Crippen MR) is 84.2 cm³/mol. The molecule has 1 amide bonds. The van der Waals surface area contributed by atoms with Crippen molar-refractivity contribution in [2.75, 3.05) is 0 Å². The SMILES string of the molecule is Cc1nc(-c2ccc3c(c2)CC[C@H]3NC(=O)c2oncc2C)no1. The number of aromatic nitrogens is 3. The Bertz CT molecular complexity index is 912. The topological polar surface area (TPSA) is 94.1 Å². The largest absolute Gasteiger partial charge is 0.351 e. The monoisotopic (exact) mass is 324 g/mol. The van der Waals surface area contributed by atoms with Gasteiger partial charge in [-0.25, -0.2) is 0 Å². The second-order valence-corrected chi connectivity index (χ2v) is 5.95. The summed E-state index contributed by atoms with van der Waals surface area (Å²) in [5.74, 6) is 1.15. The maximum Gasteiger partial charge on any atom is 0.290 e. The average Bonchev–Trinajstić information content (AvgIpc) is 3.27. The van der Waals surface area contributed by atoms with Crippen molar-refractivity contribution in [2.24, 2.45) is 0 Å². The van der Waals surface area contributed by atoms with E-state index in [1.165, 1.54) is 11.8 Å². The van der Waals surface area contributed by atoms with Gasteiger partial charge in [0.15, 0.2) is 0 Å². The van der Waals surface area contributed by atoms with Crippen molar-refractivity contribution in [3.63, 3.8) is 0 Å². The number of amides is 1. The number of fused-ring (bicyclic) bond motifs is 1. The molecular weight excluding hydrogens is 308 g/mol. The molecule has 0 fully saturated rings. The van der Waals surface area contributed by atoms with E-state index in [2.05, 4.69) is 26.7 Å². The molecule has 0 aliphatic heterocycles. The molecule has 122 valence electrons. The van der Waals surface area contributed by atoms with Crippen LogP contribution >= 0.6 is 0 Å². The van der Waals surface area contributed by atoms with Crippen molar-refractivity contribution in [3.05, 3.63) is 52.7 Å². The maximum atomic E-state index is 12.3. The molecule has 1 atom stereocenters. The van der Waals surface area contributed by atoms with Crippen molar-refractivity contribution in [1.29, 1.82) is 0 Å². The Hall–Kier alpha value is -2.96. The Morgan fingerprint density at radius 1 is 1.29 bits per heavy atom. The quantitative estimate of drug-likeness (QED) is 0.796. The third-order valence-electron chi connectivity index (χ3n) is 4.27. The predicted octanol–water partition coefficient (Wildman–Crippen LogP) is 2.76. The zero-order chi connectivity index (χ0) is 16.7. The molecule has 0 radical (unpaired) electrons. The molecule has 4 rings (SSSR count). The van der Waals surface area contributed by atoms with Gasteiger partial charge in [0.1, 0.15) is 0 Å². The molecule has 2 heterocycles. The summed E-state index contributed by atoms with van der Waals surface area (Å²) in [6.45, 7) is 3.56. The fourth-order valence-corrected chi connectivity index (χ4v) is 3.06. The van der Waals surface area contributed by atoms with Gasteiger partial charge in [0.25, 0.3) is 5.91 Å². The Kier molecular flexibility index (Phi) is 3.41. The number of rotatable bonds is 3. The summed E-state index contributed by atoms with van der Waals surface area (Å²) in [7, 11) is 0. The molecule has 7 nitrogen and oxygen atoms in total. The Balaban J connectivity index is 1.56. The van der Waals surface area contributed by atoms with Gasteiger partial charge >= 0.3 is 0 Å². The van der Waals surface area contributed by atoms with Crippen molar-refractivity contribution < 1.29 is 13.8 Å². The Morgan fingerprint density at radius 2 is 2.17 bits per heavy atom. The van der Waals surface area contributed by atoms with Crippen LogP contribution < -0.4 is 5.32 Å². The number of benzene rings is 1. The van der Waals surface area contributed by atoms with Gasteiger partial charge in [0.2, 0.25) is 17.5 Å². The first kappa shape index (κ1) is 14.6. The smallest absolute Gasteiger partial charge is 0.290 e. The zero-order valence-corrected chi connectivity index (χ0v) is 13.4. The lowest BCUT2D eigenvalue weighted by Gasteiger charge is -2.13. The molecular formula is C17H16N4O3. The van der Waals surface area contributed by atoms with E-state index in [0.29, 0.717) is 11.7 Å². The van der Waals surface area contributed by atoms with Crippen LogP contribution in [-0.2, 0) is 6.42 Å². The number of hydrogen-bond donors (Lipinski definition) is 1. The summed E-state index contributed by atoms with van der Waals surface area (Å²) < 4.78 is 10.0. The van der Waals surface area contributed by atoms with Crippen LogP contribution in [-0.4, -0.2) is 21.2 Å². The van der Waals surface area contributed by atoms with Crippen molar-refractivity contribution >= 4 is 5.91 Å². The summed E-state index contributed by atoms with van der Waals surface area (Å²) in [5, 5.41) is 10.6. The molecule has 3 aromatic rings. The van der Waals surface area contributed by atoms with E-state index in [4.69, 9.17) is 9.05 Å². The van der Waals surface area contributed by atoms with Crippen LogP contribution in [0.5, 0.6) is 0 Å². The standard InChI is InChI=1S/C17H16N4O3/c1-9-8-18-24-15(9)17(22)20-14-6-4-11-7-12(3-5-13(11)14)16-19-10(2)23-21-16/h3,5,7-8,14H,4,6H2,1-2H3,(H,20,22)/t14-/m1/s1. The minimum Gasteiger partial charge on any atom is -0.351 e. The number of carbonyl (C=O) groups excluding carboxylic acids is 1. The number of carbonyl (C=O) groups is 1. The van der Waals surface area contributed by atoms with Crippen LogP contribution in [0.4, 0.5) is 0 Å². The van der Waals surface area contributed by atoms with Gasteiger partial charge in [-0.05, 0) is 37.0 Å². The highest BCUT2D eigenvalue weighted by molar-refractivity contribution is 5.93. The molecule has 0 unspecified atom stereocenters. The van der Waals surface area contributed by atoms with Crippen LogP contribution in [0.25, 0.3) is 11.4 Å². The van der Waals surface area contributed by atoms with E-state index in [1.807, 2.05) is 12.1 Å². The first-order chi connectivity index (χ1) is 11.6. The van der Waals surface area contributed by atoms with Crippen LogP contribution in [0, 0.1) is 13.8 Å². The normalized spacial score (nSPS) is 16.2. The van der Waals surface area contributed by atoms with Gasteiger partial charge in [-0.2, -0.15) is 4.98 Å². The molecule has 2 aromatic heterocycles. The molecule has 0 saturated carbocycles. The number of aryl methyl sites for hydroxylation is 3. The summed E-state index contributed by atoms with van der Waals surface area (Å²) in [6, 6.07) is 6.00. The van der Waals surface area contributed by atoms with Gasteiger partial charge in [0.05, 0.1) is 12.2 Å². The second-order valence-electron chi connectivity index (χ2n) is 5.95. The zero-order valence-electron chi connectivity index (χ0n) is 13.4. The van der Waals surface area contributed by atoms with Crippen LogP contribution in [0.2, 0.25) is 0 Å². The number of hydrogen-bond acceptors (Lipinski definition) is 6. The summed E-state index contributed by atoms with van der Waals surface area (Å²) in [4.78, 5) is 16.6. The van der Waals surface area contributed by atoms with E-state index < -0.39 is 0 Å². The van der Waals surface area contributed by atoms with Gasteiger partial charge < -0.3 is 14.4 Å². The van der Waals surface area contributed by atoms with E-state index in [1.54, 1.807) is 13.8 Å². The van der Waals surface area contributed by atoms with Crippen molar-refractivity contribution in [1.82, 2.24) is 20.6 Å². The highest BCUT2D eigenvalue weighted by atomic mass is 16.5. The minimum absolute atomic E-state index is 0.0296. The van der Waals surface area contributed by atoms with Crippen molar-refractivity contribution in [2.45, 2.75) is 32.7 Å². The van der Waals surface area contributed by atoms with Gasteiger partial charge in [-0.15, -0.1) is 0 Å². The first-order valence-corrected chi connectivity index (χ1v) is 7.77. The van der Waals surface area contributed by atoms with Gasteiger partial charge in [-0.1, -0.05) is 22.4 Å². The lowest BCUT2D eigenvalue weighted by atomic mass is 10.0. The summed E-state index contributed by atoms with van der Waals surface area (Å²) in [6.07, 6.45) is 3.28. The average molecular weight is 324 g/mol. The molecule has 24 heavy (non-hydrogen) atoms. The first-order valence-electron chi connectivity index (χ1n) is 7.77. The summed E-state index contributed by atoms with van der Waals surface area (Å²) in [5.41, 5.74) is 3.95. The van der Waals surface area contributed by atoms with E-state index in [9.17, 15) is 4.79 Å². The molecule has 1 aromatic carbocycles. The number of nitrogens with one attached hydrogen (secondary N) is 1. The van der Waals surface area contributed by atoms with Crippen LogP contribution in [0.15, 0.2) is 33.4 Å². The lowest BCUT2D eigenvalue weighted by Crippen LogP contribution is -2.27. The molecule has 1 aliphatic rings. The third-order valence-corrected chi connectivity index (χ3v) is 4.27. The minimum atomic E-state index is -0.235. The maximum absolute atomic E-state index is 12.3. The van der Waals surface area contributed by atoms with E-state index >= 15 is 0 Å². The van der Waals surface area contributed by atoms with Gasteiger partial charge in [-0.3, -0.25) is 4.79 Å².